The number of pyridine rings is 1. The molecule has 6 nitrogen and oxygen atoms in total. The van der Waals surface area contributed by atoms with E-state index in [0.717, 1.165) is 78.2 Å². The zero-order valence-corrected chi connectivity index (χ0v) is 20.2. The first-order chi connectivity index (χ1) is 16.7. The Kier molecular flexibility index (Phi) is 5.77. The van der Waals surface area contributed by atoms with Crippen molar-refractivity contribution in [2.45, 2.75) is 26.2 Å². The second-order valence-electron chi connectivity index (χ2n) is 10.1. The van der Waals surface area contributed by atoms with Gasteiger partial charge in [0.25, 0.3) is 0 Å². The average Bonchev–Trinajstić information content (AvgIpc) is 3.66. The van der Waals surface area contributed by atoms with Gasteiger partial charge in [-0.25, -0.2) is 0 Å². The van der Waals surface area contributed by atoms with Crippen LogP contribution in [0.4, 0.5) is 11.4 Å². The van der Waals surface area contributed by atoms with Gasteiger partial charge in [0.1, 0.15) is 0 Å². The summed E-state index contributed by atoms with van der Waals surface area (Å²) in [5, 5.41) is 0. The highest BCUT2D eigenvalue weighted by molar-refractivity contribution is 5.92. The topological polar surface area (TPSA) is 42.9 Å². The number of anilines is 2. The van der Waals surface area contributed by atoms with Crippen LogP contribution >= 0.6 is 0 Å². The molecule has 2 saturated heterocycles. The van der Waals surface area contributed by atoms with E-state index in [-0.39, 0.29) is 0 Å². The lowest BCUT2D eigenvalue weighted by atomic mass is 10.0. The summed E-state index contributed by atoms with van der Waals surface area (Å²) in [4.78, 5) is 26.7. The lowest BCUT2D eigenvalue weighted by molar-refractivity contribution is -0.132. The predicted octanol–water partition coefficient (Wildman–Crippen LogP) is 3.38. The summed E-state index contributed by atoms with van der Waals surface area (Å²) < 4.78 is 0. The van der Waals surface area contributed by atoms with Crippen LogP contribution in [0.15, 0.2) is 36.5 Å². The minimum Gasteiger partial charge on any atom is -0.369 e. The summed E-state index contributed by atoms with van der Waals surface area (Å²) in [5.41, 5.74) is 7.67. The minimum atomic E-state index is 0.314. The number of allylic oxidation sites excluding steroid dienone is 1. The summed E-state index contributed by atoms with van der Waals surface area (Å²) in [7, 11) is 0. The number of fused-ring (bicyclic) bond motifs is 1. The SMILES string of the molecule is CCN1CCN(c2ccc(C3=Cc4c(N5CCN(C(=O)C6CC6)CC5)ccnc4C3)cc2)CC1. The largest absolute Gasteiger partial charge is 0.369 e. The fraction of sp³-hybridized carbons (Fsp3) is 0.500. The van der Waals surface area contributed by atoms with Crippen LogP contribution in [-0.2, 0) is 11.2 Å². The molecular weight excluding hydrogens is 422 g/mol. The molecule has 1 saturated carbocycles. The molecule has 178 valence electrons. The molecule has 0 atom stereocenters. The Hall–Kier alpha value is -2.86. The lowest BCUT2D eigenvalue weighted by Gasteiger charge is -2.37. The molecule has 3 fully saturated rings. The quantitative estimate of drug-likeness (QED) is 0.689. The highest BCUT2D eigenvalue weighted by atomic mass is 16.2. The van der Waals surface area contributed by atoms with Gasteiger partial charge in [0.2, 0.25) is 5.91 Å². The zero-order chi connectivity index (χ0) is 23.1. The molecule has 0 radical (unpaired) electrons. The molecule has 6 rings (SSSR count). The molecule has 34 heavy (non-hydrogen) atoms. The summed E-state index contributed by atoms with van der Waals surface area (Å²) in [6, 6.07) is 11.3. The third-order valence-electron chi connectivity index (χ3n) is 8.01. The maximum atomic E-state index is 12.4. The van der Waals surface area contributed by atoms with Crippen LogP contribution in [0.25, 0.3) is 11.6 Å². The van der Waals surface area contributed by atoms with E-state index in [1.54, 1.807) is 0 Å². The number of amides is 1. The molecule has 0 N–H and O–H groups in total. The fourth-order valence-electron chi connectivity index (χ4n) is 5.63. The van der Waals surface area contributed by atoms with Crippen molar-refractivity contribution in [3.05, 3.63) is 53.3 Å². The van der Waals surface area contributed by atoms with Crippen molar-refractivity contribution < 1.29 is 4.79 Å². The molecule has 6 heteroatoms. The number of likely N-dealkylation sites (N-methyl/N-ethyl adjacent to an activating group) is 1. The van der Waals surface area contributed by atoms with Gasteiger partial charge in [-0.3, -0.25) is 9.78 Å². The summed E-state index contributed by atoms with van der Waals surface area (Å²) >= 11 is 0. The summed E-state index contributed by atoms with van der Waals surface area (Å²) in [5.74, 6) is 0.687. The van der Waals surface area contributed by atoms with Gasteiger partial charge in [0.15, 0.2) is 0 Å². The van der Waals surface area contributed by atoms with Gasteiger partial charge in [-0.15, -0.1) is 0 Å². The second-order valence-corrected chi connectivity index (χ2v) is 10.1. The number of aromatic nitrogens is 1. The third kappa shape index (κ3) is 4.20. The van der Waals surface area contributed by atoms with Crippen LogP contribution in [0.1, 0.15) is 36.6 Å². The Morgan fingerprint density at radius 3 is 2.29 bits per heavy atom. The van der Waals surface area contributed by atoms with Crippen LogP contribution in [0.3, 0.4) is 0 Å². The van der Waals surface area contributed by atoms with Crippen molar-refractivity contribution in [1.29, 1.82) is 0 Å². The van der Waals surface area contributed by atoms with Gasteiger partial charge in [-0.05, 0) is 54.8 Å². The van der Waals surface area contributed by atoms with Crippen LogP contribution in [0, 0.1) is 5.92 Å². The number of piperazine rings is 2. The van der Waals surface area contributed by atoms with Gasteiger partial charge in [0, 0.05) is 87.8 Å². The smallest absolute Gasteiger partial charge is 0.225 e. The van der Waals surface area contributed by atoms with E-state index in [1.165, 1.54) is 33.8 Å². The number of hydrogen-bond donors (Lipinski definition) is 0. The number of benzene rings is 1. The standard InChI is InChI=1S/C28H35N5O/c1-2-30-11-13-31(14-12-30)24-7-5-21(6-8-24)23-19-25-26(20-23)29-10-9-27(25)32-15-17-33(18-16-32)28(34)22-3-4-22/h5-10,19,22H,2-4,11-18,20H2,1H3. The molecule has 0 spiro atoms. The van der Waals surface area contributed by atoms with Gasteiger partial charge in [-0.2, -0.15) is 0 Å². The zero-order valence-electron chi connectivity index (χ0n) is 20.2. The van der Waals surface area contributed by atoms with Gasteiger partial charge in [0.05, 0.1) is 5.69 Å². The van der Waals surface area contributed by atoms with E-state index in [9.17, 15) is 4.79 Å². The van der Waals surface area contributed by atoms with Gasteiger partial charge < -0.3 is 19.6 Å². The first-order valence-corrected chi connectivity index (χ1v) is 13.0. The van der Waals surface area contributed by atoms with Crippen molar-refractivity contribution in [1.82, 2.24) is 14.8 Å². The van der Waals surface area contributed by atoms with E-state index in [0.29, 0.717) is 11.8 Å². The normalized spacial score (nSPS) is 21.0. The lowest BCUT2D eigenvalue weighted by Crippen LogP contribution is -2.49. The molecule has 2 aliphatic carbocycles. The average molecular weight is 458 g/mol. The Morgan fingerprint density at radius 2 is 1.62 bits per heavy atom. The molecule has 2 aromatic rings. The molecule has 4 aliphatic rings. The fourth-order valence-corrected chi connectivity index (χ4v) is 5.63. The first-order valence-electron chi connectivity index (χ1n) is 13.0. The second kappa shape index (κ2) is 9.06. The molecule has 1 amide bonds. The number of carbonyl (C=O) groups is 1. The van der Waals surface area contributed by atoms with Crippen LogP contribution in [-0.4, -0.2) is 79.6 Å². The molecule has 0 unspecified atom stereocenters. The number of rotatable bonds is 5. The Labute approximate surface area is 202 Å². The van der Waals surface area contributed by atoms with E-state index in [2.05, 4.69) is 62.9 Å². The van der Waals surface area contributed by atoms with Crippen molar-refractivity contribution in [2.75, 3.05) is 68.7 Å². The highest BCUT2D eigenvalue weighted by Crippen LogP contribution is 2.37. The van der Waals surface area contributed by atoms with E-state index in [1.807, 2.05) is 6.20 Å². The Bertz CT molecular complexity index is 1070. The molecule has 1 aromatic carbocycles. The highest BCUT2D eigenvalue weighted by Gasteiger charge is 2.35. The number of nitrogens with zero attached hydrogens (tertiary/aromatic N) is 5. The van der Waals surface area contributed by atoms with Crippen LogP contribution in [0.5, 0.6) is 0 Å². The van der Waals surface area contributed by atoms with Crippen LogP contribution < -0.4 is 9.80 Å². The predicted molar refractivity (Wildman–Crippen MR) is 138 cm³/mol. The monoisotopic (exact) mass is 457 g/mol. The van der Waals surface area contributed by atoms with Gasteiger partial charge >= 0.3 is 0 Å². The molecule has 3 heterocycles. The maximum absolute atomic E-state index is 12.4. The first kappa shape index (κ1) is 21.7. The number of carbonyl (C=O) groups excluding carboxylic acids is 1. The van der Waals surface area contributed by atoms with E-state index in [4.69, 9.17) is 4.98 Å². The maximum Gasteiger partial charge on any atom is 0.225 e. The van der Waals surface area contributed by atoms with Crippen molar-refractivity contribution in [3.63, 3.8) is 0 Å². The minimum absolute atomic E-state index is 0.314. The van der Waals surface area contributed by atoms with E-state index >= 15 is 0 Å². The molecule has 2 aliphatic heterocycles. The summed E-state index contributed by atoms with van der Waals surface area (Å²) in [6.45, 7) is 11.4. The molecule has 1 aromatic heterocycles. The van der Waals surface area contributed by atoms with E-state index < -0.39 is 0 Å². The molecule has 0 bridgehead atoms. The van der Waals surface area contributed by atoms with Crippen LogP contribution in [0.2, 0.25) is 0 Å². The van der Waals surface area contributed by atoms with Gasteiger partial charge in [-0.1, -0.05) is 19.1 Å². The van der Waals surface area contributed by atoms with Crippen molar-refractivity contribution >= 4 is 28.9 Å². The number of hydrogen-bond acceptors (Lipinski definition) is 5. The third-order valence-corrected chi connectivity index (χ3v) is 8.01. The van der Waals surface area contributed by atoms with Crippen molar-refractivity contribution in [3.8, 4) is 0 Å². The Balaban J connectivity index is 1.14. The van der Waals surface area contributed by atoms with Crippen molar-refractivity contribution in [2.24, 2.45) is 5.92 Å². The molecular formula is C28H35N5O. The summed E-state index contributed by atoms with van der Waals surface area (Å²) in [6.07, 6.45) is 7.35. The Morgan fingerprint density at radius 1 is 0.912 bits per heavy atom.